The van der Waals surface area contributed by atoms with Crippen LogP contribution in [0.3, 0.4) is 0 Å². The Bertz CT molecular complexity index is 1480. The molecule has 1 heterocycles. The number of ether oxygens (including phenoxy) is 1. The zero-order chi connectivity index (χ0) is 27.2. The van der Waals surface area contributed by atoms with E-state index in [1.54, 1.807) is 48.0 Å². The summed E-state index contributed by atoms with van der Waals surface area (Å²) >= 11 is 12.8. The lowest BCUT2D eigenvalue weighted by atomic mass is 10.1. The predicted molar refractivity (Wildman–Crippen MR) is 151 cm³/mol. The number of hydrogen-bond acceptors (Lipinski definition) is 4. The van der Waals surface area contributed by atoms with Gasteiger partial charge in [0, 0.05) is 27.9 Å². The third-order valence-corrected chi connectivity index (χ3v) is 6.60. The van der Waals surface area contributed by atoms with Crippen molar-refractivity contribution in [1.29, 1.82) is 0 Å². The average molecular weight is 548 g/mol. The van der Waals surface area contributed by atoms with Crippen LogP contribution in [0.25, 0.3) is 6.08 Å². The summed E-state index contributed by atoms with van der Waals surface area (Å²) < 4.78 is 7.24. The van der Waals surface area contributed by atoms with Crippen molar-refractivity contribution in [2.45, 2.75) is 33.4 Å². The van der Waals surface area contributed by atoms with Gasteiger partial charge in [-0.15, -0.1) is 0 Å². The predicted octanol–water partition coefficient (Wildman–Crippen LogP) is 7.10. The summed E-state index contributed by atoms with van der Waals surface area (Å²) in [5.41, 5.74) is 5.29. The van der Waals surface area contributed by atoms with E-state index in [1.807, 2.05) is 56.3 Å². The number of carbonyl (C=O) groups is 2. The maximum atomic E-state index is 13.2. The number of aryl methyl sites for hydroxylation is 3. The molecule has 4 rings (SSSR count). The fourth-order valence-electron chi connectivity index (χ4n) is 4.11. The minimum Gasteiger partial charge on any atom is -0.444 e. The second-order valence-electron chi connectivity index (χ2n) is 8.97. The first-order chi connectivity index (χ1) is 18.2. The molecule has 0 saturated carbocycles. The first kappa shape index (κ1) is 27.2. The van der Waals surface area contributed by atoms with Crippen molar-refractivity contribution in [3.63, 3.8) is 0 Å². The van der Waals surface area contributed by atoms with Gasteiger partial charge in [-0.05, 0) is 61.7 Å². The molecule has 1 atom stereocenters. The van der Waals surface area contributed by atoms with Crippen molar-refractivity contribution in [1.82, 2.24) is 9.78 Å². The Balaban J connectivity index is 1.52. The molecule has 0 aliphatic carbocycles. The molecule has 1 amide bonds. The van der Waals surface area contributed by atoms with Gasteiger partial charge in [0.25, 0.3) is 5.91 Å². The molecule has 0 radical (unpaired) electrons. The van der Waals surface area contributed by atoms with Crippen molar-refractivity contribution in [2.24, 2.45) is 0 Å². The molecule has 6 nitrogen and oxygen atoms in total. The highest BCUT2D eigenvalue weighted by molar-refractivity contribution is 6.32. The molecule has 1 N–H and O–H groups in total. The van der Waals surface area contributed by atoms with Crippen LogP contribution in [-0.2, 0) is 20.9 Å². The highest BCUT2D eigenvalue weighted by Gasteiger charge is 2.25. The smallest absolute Gasteiger partial charge is 0.331 e. The number of hydrogen-bond donors (Lipinski definition) is 1. The molecule has 1 unspecified atom stereocenters. The number of benzene rings is 3. The lowest BCUT2D eigenvalue weighted by molar-refractivity contribution is -0.149. The van der Waals surface area contributed by atoms with E-state index in [0.29, 0.717) is 39.2 Å². The molecule has 0 aliphatic heterocycles. The van der Waals surface area contributed by atoms with Crippen molar-refractivity contribution in [2.75, 3.05) is 5.32 Å². The minimum absolute atomic E-state index is 0.360. The van der Waals surface area contributed by atoms with Gasteiger partial charge < -0.3 is 10.1 Å². The number of anilines is 1. The Labute approximate surface area is 231 Å². The van der Waals surface area contributed by atoms with Gasteiger partial charge in [-0.3, -0.25) is 4.79 Å². The zero-order valence-electron chi connectivity index (χ0n) is 21.2. The molecule has 194 valence electrons. The minimum atomic E-state index is -1.14. The van der Waals surface area contributed by atoms with Crippen LogP contribution in [0.15, 0.2) is 78.9 Å². The van der Waals surface area contributed by atoms with Crippen molar-refractivity contribution >= 4 is 46.8 Å². The fraction of sp³-hybridized carbons (Fsp3) is 0.167. The second-order valence-corrected chi connectivity index (χ2v) is 9.73. The maximum Gasteiger partial charge on any atom is 0.331 e. The Kier molecular flexibility index (Phi) is 8.66. The van der Waals surface area contributed by atoms with Crippen molar-refractivity contribution < 1.29 is 14.3 Å². The molecule has 0 saturated heterocycles. The first-order valence-electron chi connectivity index (χ1n) is 12.0. The van der Waals surface area contributed by atoms with Gasteiger partial charge in [-0.25, -0.2) is 9.48 Å². The number of nitrogens with one attached hydrogen (secondary N) is 1. The molecule has 0 fully saturated rings. The number of carbonyl (C=O) groups excluding carboxylic acids is 2. The highest BCUT2D eigenvalue weighted by Crippen LogP contribution is 2.25. The van der Waals surface area contributed by atoms with Gasteiger partial charge in [0.1, 0.15) is 5.15 Å². The standard InChI is InChI=1S/C30H27Cl2N3O3/c1-19-15-20(2)17-24(16-19)33-30(37)28(22-9-5-4-6-10-22)38-27(36)14-13-25-21(3)34-35(29(25)32)18-23-11-7-8-12-26(23)31/h4-17,28H,18H2,1-3H3,(H,33,37)/b14-13+. The van der Waals surface area contributed by atoms with Crippen LogP contribution in [0.2, 0.25) is 10.2 Å². The van der Waals surface area contributed by atoms with Gasteiger partial charge in [-0.2, -0.15) is 5.10 Å². The maximum absolute atomic E-state index is 13.2. The third-order valence-electron chi connectivity index (χ3n) is 5.84. The van der Waals surface area contributed by atoms with Crippen LogP contribution < -0.4 is 5.32 Å². The molecular weight excluding hydrogens is 521 g/mol. The van der Waals surface area contributed by atoms with Crippen LogP contribution in [0.1, 0.15) is 39.6 Å². The highest BCUT2D eigenvalue weighted by atomic mass is 35.5. The van der Waals surface area contributed by atoms with E-state index in [2.05, 4.69) is 10.4 Å². The van der Waals surface area contributed by atoms with Gasteiger partial charge >= 0.3 is 5.97 Å². The van der Waals surface area contributed by atoms with Gasteiger partial charge in [0.2, 0.25) is 6.10 Å². The molecule has 38 heavy (non-hydrogen) atoms. The number of rotatable bonds is 8. The summed E-state index contributed by atoms with van der Waals surface area (Å²) in [5.74, 6) is -1.14. The van der Waals surface area contributed by atoms with Crippen LogP contribution >= 0.6 is 23.2 Å². The monoisotopic (exact) mass is 547 g/mol. The Morgan fingerprint density at radius 1 is 0.974 bits per heavy atom. The Hall–Kier alpha value is -3.87. The van der Waals surface area contributed by atoms with Crippen molar-refractivity contribution in [3.05, 3.63) is 123 Å². The SMILES string of the molecule is Cc1cc(C)cc(NC(=O)C(OC(=O)/C=C/c2c(C)nn(Cc3ccccc3Cl)c2Cl)c2ccccc2)c1. The van der Waals surface area contributed by atoms with Crippen molar-refractivity contribution in [3.8, 4) is 0 Å². The van der Waals surface area contributed by atoms with E-state index in [1.165, 1.54) is 6.08 Å². The Morgan fingerprint density at radius 2 is 1.63 bits per heavy atom. The molecule has 0 spiro atoms. The molecule has 4 aromatic rings. The average Bonchev–Trinajstić information content (AvgIpc) is 3.14. The molecule has 8 heteroatoms. The summed E-state index contributed by atoms with van der Waals surface area (Å²) in [4.78, 5) is 26.1. The van der Waals surface area contributed by atoms with Gasteiger partial charge in [0.05, 0.1) is 12.2 Å². The lowest BCUT2D eigenvalue weighted by Gasteiger charge is -2.18. The zero-order valence-corrected chi connectivity index (χ0v) is 22.8. The normalized spacial score (nSPS) is 11.9. The first-order valence-corrected chi connectivity index (χ1v) is 12.8. The number of esters is 1. The van der Waals surface area contributed by atoms with Crippen LogP contribution in [0.4, 0.5) is 5.69 Å². The van der Waals surface area contributed by atoms with E-state index in [4.69, 9.17) is 27.9 Å². The summed E-state index contributed by atoms with van der Waals surface area (Å²) in [5, 5.41) is 8.32. The molecule has 0 bridgehead atoms. The second kappa shape index (κ2) is 12.1. The van der Waals surface area contributed by atoms with Gasteiger partial charge in [0.15, 0.2) is 0 Å². The largest absolute Gasteiger partial charge is 0.444 e. The third kappa shape index (κ3) is 6.71. The molecule has 0 aliphatic rings. The summed E-state index contributed by atoms with van der Waals surface area (Å²) in [6.45, 7) is 6.08. The van der Waals surface area contributed by atoms with Crippen LogP contribution in [-0.4, -0.2) is 21.7 Å². The summed E-state index contributed by atoms with van der Waals surface area (Å²) in [7, 11) is 0. The van der Waals surface area contributed by atoms with E-state index >= 15 is 0 Å². The summed E-state index contributed by atoms with van der Waals surface area (Å²) in [6.07, 6.45) is 1.64. The molecule has 3 aromatic carbocycles. The Morgan fingerprint density at radius 3 is 2.32 bits per heavy atom. The van der Waals surface area contributed by atoms with Gasteiger partial charge in [-0.1, -0.05) is 77.8 Å². The molecular formula is C30H27Cl2N3O3. The number of halogens is 2. The number of amides is 1. The van der Waals surface area contributed by atoms with E-state index in [0.717, 1.165) is 16.7 Å². The quantitative estimate of drug-likeness (QED) is 0.188. The number of aromatic nitrogens is 2. The van der Waals surface area contributed by atoms with E-state index in [9.17, 15) is 9.59 Å². The topological polar surface area (TPSA) is 73.2 Å². The molecule has 1 aromatic heterocycles. The van der Waals surface area contributed by atoms with Crippen LogP contribution in [0, 0.1) is 20.8 Å². The lowest BCUT2D eigenvalue weighted by Crippen LogP contribution is -2.25. The fourth-order valence-corrected chi connectivity index (χ4v) is 4.60. The number of nitrogens with zero attached hydrogens (tertiary/aromatic N) is 2. The van der Waals surface area contributed by atoms with Crippen LogP contribution in [0.5, 0.6) is 0 Å². The summed E-state index contributed by atoms with van der Waals surface area (Å²) in [6, 6.07) is 22.1. The van der Waals surface area contributed by atoms with E-state index in [-0.39, 0.29) is 0 Å². The van der Waals surface area contributed by atoms with E-state index < -0.39 is 18.0 Å².